The van der Waals surface area contributed by atoms with Crippen LogP contribution in [0.2, 0.25) is 0 Å². The Morgan fingerprint density at radius 1 is 1.06 bits per heavy atom. The van der Waals surface area contributed by atoms with E-state index in [0.29, 0.717) is 12.4 Å². The lowest BCUT2D eigenvalue weighted by molar-refractivity contribution is -0.384. The first-order chi connectivity index (χ1) is 8.65. The van der Waals surface area contributed by atoms with Crippen LogP contribution < -0.4 is 4.74 Å². The van der Waals surface area contributed by atoms with Gasteiger partial charge in [-0.25, -0.2) is 0 Å². The summed E-state index contributed by atoms with van der Waals surface area (Å²) in [6.45, 7) is 2.49. The van der Waals surface area contributed by atoms with Crippen molar-refractivity contribution in [1.82, 2.24) is 0 Å². The summed E-state index contributed by atoms with van der Waals surface area (Å²) in [5, 5.41) is 10.5. The van der Waals surface area contributed by atoms with E-state index < -0.39 is 4.92 Å². The molecule has 0 amide bonds. The first-order valence-corrected chi connectivity index (χ1v) is 5.58. The van der Waals surface area contributed by atoms with Gasteiger partial charge in [-0.3, -0.25) is 10.1 Å². The van der Waals surface area contributed by atoms with Crippen molar-refractivity contribution in [1.29, 1.82) is 0 Å². The largest absolute Gasteiger partial charge is 0.489 e. The maximum Gasteiger partial charge on any atom is 0.269 e. The van der Waals surface area contributed by atoms with Crippen LogP contribution in [-0.4, -0.2) is 4.92 Å². The number of nitrogens with zero attached hydrogens (tertiary/aromatic N) is 1. The van der Waals surface area contributed by atoms with Crippen LogP contribution in [-0.2, 0) is 6.61 Å². The van der Waals surface area contributed by atoms with Crippen LogP contribution in [0.15, 0.2) is 48.5 Å². The molecule has 0 N–H and O–H groups in total. The van der Waals surface area contributed by atoms with Crippen molar-refractivity contribution in [2.75, 3.05) is 0 Å². The van der Waals surface area contributed by atoms with Crippen LogP contribution in [0.1, 0.15) is 11.1 Å². The molecule has 2 aromatic rings. The summed E-state index contributed by atoms with van der Waals surface area (Å²) >= 11 is 0. The van der Waals surface area contributed by atoms with Gasteiger partial charge in [-0.1, -0.05) is 29.8 Å². The summed E-state index contributed by atoms with van der Waals surface area (Å²) in [6, 6.07) is 14.1. The number of aryl methyl sites for hydroxylation is 1. The quantitative estimate of drug-likeness (QED) is 0.610. The minimum atomic E-state index is -0.427. The molecule has 0 radical (unpaired) electrons. The van der Waals surface area contributed by atoms with E-state index in [1.54, 1.807) is 12.1 Å². The molecule has 0 atom stereocenters. The fraction of sp³-hybridized carbons (Fsp3) is 0.143. The summed E-state index contributed by atoms with van der Waals surface area (Å²) in [6.07, 6.45) is 0. The zero-order chi connectivity index (χ0) is 13.0. The van der Waals surface area contributed by atoms with Crippen LogP contribution in [0.25, 0.3) is 0 Å². The maximum atomic E-state index is 10.5. The Bertz CT molecular complexity index is 532. The van der Waals surface area contributed by atoms with Crippen molar-refractivity contribution >= 4 is 5.69 Å². The predicted molar refractivity (Wildman–Crippen MR) is 68.6 cm³/mol. The third-order valence-electron chi connectivity index (χ3n) is 2.57. The summed E-state index contributed by atoms with van der Waals surface area (Å²) in [7, 11) is 0. The highest BCUT2D eigenvalue weighted by Gasteiger charge is 2.04. The normalized spacial score (nSPS) is 10.1. The monoisotopic (exact) mass is 243 g/mol. The zero-order valence-electron chi connectivity index (χ0n) is 10.00. The number of non-ortho nitro benzene ring substituents is 1. The molecule has 2 aromatic carbocycles. The Morgan fingerprint density at radius 2 is 1.67 bits per heavy atom. The van der Waals surface area contributed by atoms with Gasteiger partial charge in [-0.2, -0.15) is 0 Å². The second-order valence-corrected chi connectivity index (χ2v) is 4.03. The number of hydrogen-bond donors (Lipinski definition) is 0. The number of nitro groups is 1. The number of hydrogen-bond acceptors (Lipinski definition) is 3. The molecule has 4 nitrogen and oxygen atoms in total. The van der Waals surface area contributed by atoms with E-state index in [1.807, 2.05) is 31.2 Å². The van der Waals surface area contributed by atoms with Gasteiger partial charge in [0, 0.05) is 12.1 Å². The third-order valence-corrected chi connectivity index (χ3v) is 2.57. The summed E-state index contributed by atoms with van der Waals surface area (Å²) in [5.74, 6) is 0.626. The van der Waals surface area contributed by atoms with Crippen molar-refractivity contribution in [3.63, 3.8) is 0 Å². The van der Waals surface area contributed by atoms with Gasteiger partial charge >= 0.3 is 0 Å². The van der Waals surface area contributed by atoms with Crippen molar-refractivity contribution < 1.29 is 9.66 Å². The average Bonchev–Trinajstić information content (AvgIpc) is 2.38. The van der Waals surface area contributed by atoms with Gasteiger partial charge in [0.15, 0.2) is 0 Å². The molecule has 92 valence electrons. The average molecular weight is 243 g/mol. The molecule has 0 aliphatic carbocycles. The van der Waals surface area contributed by atoms with Crippen LogP contribution >= 0.6 is 0 Å². The molecule has 0 spiro atoms. The topological polar surface area (TPSA) is 52.4 Å². The van der Waals surface area contributed by atoms with Crippen LogP contribution in [0, 0.1) is 17.0 Å². The first kappa shape index (κ1) is 12.1. The number of benzene rings is 2. The molecule has 4 heteroatoms. The highest BCUT2D eigenvalue weighted by molar-refractivity contribution is 5.36. The van der Waals surface area contributed by atoms with E-state index in [2.05, 4.69) is 0 Å². The Hall–Kier alpha value is -2.36. The lowest BCUT2D eigenvalue weighted by Crippen LogP contribution is -1.95. The zero-order valence-corrected chi connectivity index (χ0v) is 10.00. The molecule has 2 rings (SSSR count). The van der Waals surface area contributed by atoms with Crippen molar-refractivity contribution in [3.8, 4) is 5.75 Å². The molecular weight excluding hydrogens is 230 g/mol. The second-order valence-electron chi connectivity index (χ2n) is 4.03. The van der Waals surface area contributed by atoms with E-state index >= 15 is 0 Å². The molecule has 0 aliphatic heterocycles. The smallest absolute Gasteiger partial charge is 0.269 e. The molecular formula is C14H13NO3. The van der Waals surface area contributed by atoms with Gasteiger partial charge in [-0.05, 0) is 24.6 Å². The second kappa shape index (κ2) is 5.31. The van der Waals surface area contributed by atoms with Gasteiger partial charge in [-0.15, -0.1) is 0 Å². The molecule has 0 aromatic heterocycles. The van der Waals surface area contributed by atoms with E-state index in [9.17, 15) is 10.1 Å². The van der Waals surface area contributed by atoms with E-state index in [4.69, 9.17) is 4.74 Å². The fourth-order valence-corrected chi connectivity index (χ4v) is 1.52. The molecule has 0 fully saturated rings. The number of ether oxygens (including phenoxy) is 1. The van der Waals surface area contributed by atoms with Gasteiger partial charge in [0.1, 0.15) is 12.4 Å². The SMILES string of the molecule is Cc1ccc(COc2ccc([N+](=O)[O-])cc2)cc1. The number of nitro benzene ring substituents is 1. The van der Waals surface area contributed by atoms with Crippen LogP contribution in [0.5, 0.6) is 5.75 Å². The molecule has 0 bridgehead atoms. The molecule has 0 unspecified atom stereocenters. The summed E-state index contributed by atoms with van der Waals surface area (Å²) in [4.78, 5) is 10.1. The van der Waals surface area contributed by atoms with Gasteiger partial charge in [0.2, 0.25) is 0 Å². The minimum Gasteiger partial charge on any atom is -0.489 e. The maximum absolute atomic E-state index is 10.5. The Labute approximate surface area is 105 Å². The number of rotatable bonds is 4. The Kier molecular flexibility index (Phi) is 3.57. The van der Waals surface area contributed by atoms with Crippen LogP contribution in [0.4, 0.5) is 5.69 Å². The van der Waals surface area contributed by atoms with Crippen molar-refractivity contribution in [3.05, 3.63) is 69.8 Å². The molecule has 0 saturated heterocycles. The predicted octanol–water partition coefficient (Wildman–Crippen LogP) is 3.48. The van der Waals surface area contributed by atoms with Crippen LogP contribution in [0.3, 0.4) is 0 Å². The van der Waals surface area contributed by atoms with Gasteiger partial charge in [0.05, 0.1) is 4.92 Å². The lowest BCUT2D eigenvalue weighted by atomic mass is 10.2. The Balaban J connectivity index is 1.97. The van der Waals surface area contributed by atoms with E-state index in [-0.39, 0.29) is 5.69 Å². The Morgan fingerprint density at radius 3 is 2.22 bits per heavy atom. The molecule has 0 aliphatic rings. The summed E-state index contributed by atoms with van der Waals surface area (Å²) in [5.41, 5.74) is 2.34. The van der Waals surface area contributed by atoms with Gasteiger partial charge in [0.25, 0.3) is 5.69 Å². The van der Waals surface area contributed by atoms with Crippen molar-refractivity contribution in [2.45, 2.75) is 13.5 Å². The van der Waals surface area contributed by atoms with Gasteiger partial charge < -0.3 is 4.74 Å². The molecule has 0 saturated carbocycles. The van der Waals surface area contributed by atoms with E-state index in [1.165, 1.54) is 17.7 Å². The van der Waals surface area contributed by atoms with Crippen molar-refractivity contribution in [2.24, 2.45) is 0 Å². The summed E-state index contributed by atoms with van der Waals surface area (Å²) < 4.78 is 5.54. The lowest BCUT2D eigenvalue weighted by Gasteiger charge is -2.06. The third kappa shape index (κ3) is 3.07. The highest BCUT2D eigenvalue weighted by atomic mass is 16.6. The molecule has 18 heavy (non-hydrogen) atoms. The highest BCUT2D eigenvalue weighted by Crippen LogP contribution is 2.18. The standard InChI is InChI=1S/C14H13NO3/c1-11-2-4-12(5-3-11)10-18-14-8-6-13(7-9-14)15(16)17/h2-9H,10H2,1H3. The first-order valence-electron chi connectivity index (χ1n) is 5.58. The van der Waals surface area contributed by atoms with E-state index in [0.717, 1.165) is 5.56 Å². The fourth-order valence-electron chi connectivity index (χ4n) is 1.52. The minimum absolute atomic E-state index is 0.0673. The molecule has 0 heterocycles.